The van der Waals surface area contributed by atoms with Gasteiger partial charge in [0.2, 0.25) is 0 Å². The zero-order valence-corrected chi connectivity index (χ0v) is 10.7. The molecule has 2 N–H and O–H groups in total. The van der Waals surface area contributed by atoms with Gasteiger partial charge in [-0.25, -0.2) is 0 Å². The van der Waals surface area contributed by atoms with Crippen LogP contribution in [0.5, 0.6) is 0 Å². The molecule has 1 aliphatic rings. The molecule has 2 rings (SSSR count). The molecule has 0 radical (unpaired) electrons. The number of aromatic amines is 1. The first-order valence-corrected chi connectivity index (χ1v) is 6.11. The second-order valence-electron chi connectivity index (χ2n) is 6.11. The molecule has 1 aromatic rings. The predicted octanol–water partition coefficient (Wildman–Crippen LogP) is 2.60. The van der Waals surface area contributed by atoms with E-state index in [1.807, 2.05) is 6.20 Å². The molecule has 0 saturated heterocycles. The van der Waals surface area contributed by atoms with Crippen molar-refractivity contribution in [1.29, 1.82) is 0 Å². The van der Waals surface area contributed by atoms with Crippen molar-refractivity contribution in [1.82, 2.24) is 10.2 Å². The van der Waals surface area contributed by atoms with E-state index in [-0.39, 0.29) is 17.3 Å². The summed E-state index contributed by atoms with van der Waals surface area (Å²) in [5.41, 5.74) is 1.99. The first kappa shape index (κ1) is 12.1. The van der Waals surface area contributed by atoms with E-state index in [1.165, 1.54) is 0 Å². The third-order valence-electron chi connectivity index (χ3n) is 3.76. The topological polar surface area (TPSA) is 66.0 Å². The second kappa shape index (κ2) is 3.86. The average Bonchev–Trinajstić information content (AvgIpc) is 2.58. The van der Waals surface area contributed by atoms with Crippen LogP contribution in [0.15, 0.2) is 6.20 Å². The minimum atomic E-state index is -0.717. The molecule has 1 aromatic heterocycles. The Morgan fingerprint density at radius 3 is 2.59 bits per heavy atom. The van der Waals surface area contributed by atoms with Crippen molar-refractivity contribution in [3.63, 3.8) is 0 Å². The van der Waals surface area contributed by atoms with Crippen LogP contribution in [0.4, 0.5) is 0 Å². The fourth-order valence-electron chi connectivity index (χ4n) is 2.69. The van der Waals surface area contributed by atoms with Crippen molar-refractivity contribution in [2.45, 2.75) is 57.3 Å². The summed E-state index contributed by atoms with van der Waals surface area (Å²) in [7, 11) is 0. The largest absolute Gasteiger partial charge is 0.481 e. The van der Waals surface area contributed by atoms with Gasteiger partial charge in [0.05, 0.1) is 12.6 Å². The highest BCUT2D eigenvalue weighted by Crippen LogP contribution is 2.48. The van der Waals surface area contributed by atoms with Gasteiger partial charge in [-0.1, -0.05) is 27.2 Å². The molecule has 1 fully saturated rings. The fraction of sp³-hybridized carbons (Fsp3) is 0.692. The third-order valence-corrected chi connectivity index (χ3v) is 3.76. The summed E-state index contributed by atoms with van der Waals surface area (Å²) in [6, 6.07) is 0. The van der Waals surface area contributed by atoms with Gasteiger partial charge >= 0.3 is 5.97 Å². The molecule has 0 aliphatic heterocycles. The number of H-pyrrole nitrogens is 1. The van der Waals surface area contributed by atoms with Crippen molar-refractivity contribution >= 4 is 5.97 Å². The Labute approximate surface area is 101 Å². The number of carboxylic acids is 1. The number of hydrogen-bond donors (Lipinski definition) is 2. The highest BCUT2D eigenvalue weighted by atomic mass is 16.4. The van der Waals surface area contributed by atoms with Gasteiger partial charge in [-0.2, -0.15) is 5.10 Å². The number of rotatable bonds is 3. The van der Waals surface area contributed by atoms with Crippen LogP contribution in [0.25, 0.3) is 0 Å². The van der Waals surface area contributed by atoms with E-state index >= 15 is 0 Å². The molecular formula is C13H20N2O2. The highest BCUT2D eigenvalue weighted by Gasteiger charge is 2.44. The van der Waals surface area contributed by atoms with Crippen LogP contribution in [-0.2, 0) is 15.6 Å². The molecule has 0 bridgehead atoms. The molecule has 4 nitrogen and oxygen atoms in total. The molecule has 0 unspecified atom stereocenters. The summed E-state index contributed by atoms with van der Waals surface area (Å²) < 4.78 is 0. The van der Waals surface area contributed by atoms with Crippen LogP contribution >= 0.6 is 0 Å². The smallest absolute Gasteiger partial charge is 0.304 e. The number of nitrogens with one attached hydrogen (secondary N) is 1. The SMILES string of the molecule is CC(C)(C)c1[nH]ncc1C1(CC(=O)O)CCC1. The zero-order valence-electron chi connectivity index (χ0n) is 10.7. The predicted molar refractivity (Wildman–Crippen MR) is 65.1 cm³/mol. The number of aromatic nitrogens is 2. The fourth-order valence-corrected chi connectivity index (χ4v) is 2.69. The second-order valence-corrected chi connectivity index (χ2v) is 6.11. The van der Waals surface area contributed by atoms with Gasteiger partial charge in [0.1, 0.15) is 0 Å². The Morgan fingerprint density at radius 1 is 1.53 bits per heavy atom. The molecule has 94 valence electrons. The maximum absolute atomic E-state index is 11.0. The van der Waals surface area contributed by atoms with E-state index in [0.29, 0.717) is 0 Å². The van der Waals surface area contributed by atoms with E-state index in [2.05, 4.69) is 31.0 Å². The Morgan fingerprint density at radius 2 is 2.18 bits per heavy atom. The quantitative estimate of drug-likeness (QED) is 0.847. The van der Waals surface area contributed by atoms with Crippen LogP contribution in [0.2, 0.25) is 0 Å². The van der Waals surface area contributed by atoms with Crippen LogP contribution < -0.4 is 0 Å². The normalized spacial score (nSPS) is 18.8. The standard InChI is InChI=1S/C13H20N2O2/c1-12(2,3)11-9(8-14-15-11)13(5-4-6-13)7-10(16)17/h8H,4-7H2,1-3H3,(H,14,15)(H,16,17). The molecule has 17 heavy (non-hydrogen) atoms. The lowest BCUT2D eigenvalue weighted by Gasteiger charge is -2.42. The van der Waals surface area contributed by atoms with Gasteiger partial charge in [-0.3, -0.25) is 9.89 Å². The highest BCUT2D eigenvalue weighted by molar-refractivity contribution is 5.69. The number of nitrogens with zero attached hydrogens (tertiary/aromatic N) is 1. The van der Waals surface area contributed by atoms with Gasteiger partial charge in [0.15, 0.2) is 0 Å². The van der Waals surface area contributed by atoms with Crippen LogP contribution in [0.1, 0.15) is 57.7 Å². The Hall–Kier alpha value is -1.32. The van der Waals surface area contributed by atoms with Crippen molar-refractivity contribution in [2.24, 2.45) is 0 Å². The van der Waals surface area contributed by atoms with Gasteiger partial charge in [0, 0.05) is 22.1 Å². The summed E-state index contributed by atoms with van der Waals surface area (Å²) >= 11 is 0. The van der Waals surface area contributed by atoms with Crippen molar-refractivity contribution < 1.29 is 9.90 Å². The molecule has 1 saturated carbocycles. The number of carbonyl (C=O) groups is 1. The van der Waals surface area contributed by atoms with Crippen LogP contribution in [-0.4, -0.2) is 21.3 Å². The minimum Gasteiger partial charge on any atom is -0.481 e. The van der Waals surface area contributed by atoms with Gasteiger partial charge < -0.3 is 5.11 Å². The monoisotopic (exact) mass is 236 g/mol. The summed E-state index contributed by atoms with van der Waals surface area (Å²) in [4.78, 5) is 11.0. The van der Waals surface area contributed by atoms with E-state index in [1.54, 1.807) is 0 Å². The van der Waals surface area contributed by atoms with Crippen LogP contribution in [0, 0.1) is 0 Å². The molecule has 0 atom stereocenters. The number of hydrogen-bond acceptors (Lipinski definition) is 2. The number of aliphatic carboxylic acids is 1. The Balaban J connectivity index is 2.38. The maximum atomic E-state index is 11.0. The molecule has 1 heterocycles. The van der Waals surface area contributed by atoms with Crippen molar-refractivity contribution in [3.8, 4) is 0 Å². The van der Waals surface area contributed by atoms with E-state index in [9.17, 15) is 4.79 Å². The van der Waals surface area contributed by atoms with E-state index in [0.717, 1.165) is 30.5 Å². The summed E-state index contributed by atoms with van der Waals surface area (Å²) in [6.45, 7) is 6.37. The Bertz CT molecular complexity index is 425. The van der Waals surface area contributed by atoms with Crippen molar-refractivity contribution in [2.75, 3.05) is 0 Å². The first-order valence-electron chi connectivity index (χ1n) is 6.11. The minimum absolute atomic E-state index is 0.0209. The maximum Gasteiger partial charge on any atom is 0.304 e. The summed E-state index contributed by atoms with van der Waals surface area (Å²) in [5, 5.41) is 16.3. The lowest BCUT2D eigenvalue weighted by atomic mass is 9.61. The lowest BCUT2D eigenvalue weighted by molar-refractivity contribution is -0.139. The average molecular weight is 236 g/mol. The van der Waals surface area contributed by atoms with Gasteiger partial charge in [-0.15, -0.1) is 0 Å². The van der Waals surface area contributed by atoms with Gasteiger partial charge in [-0.05, 0) is 12.8 Å². The van der Waals surface area contributed by atoms with E-state index in [4.69, 9.17) is 5.11 Å². The lowest BCUT2D eigenvalue weighted by Crippen LogP contribution is -2.38. The molecule has 0 spiro atoms. The summed E-state index contributed by atoms with van der Waals surface area (Å²) in [5.74, 6) is -0.717. The third kappa shape index (κ3) is 2.08. The molecule has 0 amide bonds. The van der Waals surface area contributed by atoms with E-state index < -0.39 is 5.97 Å². The van der Waals surface area contributed by atoms with Crippen LogP contribution in [0.3, 0.4) is 0 Å². The molecule has 1 aliphatic carbocycles. The molecule has 4 heteroatoms. The zero-order chi connectivity index (χ0) is 12.7. The van der Waals surface area contributed by atoms with Gasteiger partial charge in [0.25, 0.3) is 0 Å². The molecular weight excluding hydrogens is 216 g/mol. The summed E-state index contributed by atoms with van der Waals surface area (Å²) in [6.07, 6.45) is 5.07. The molecule has 0 aromatic carbocycles. The van der Waals surface area contributed by atoms with Crippen molar-refractivity contribution in [3.05, 3.63) is 17.5 Å². The Kier molecular flexibility index (Phi) is 2.76. The number of carboxylic acid groups (broad SMARTS) is 1. The first-order chi connectivity index (χ1) is 7.85.